The smallest absolute Gasteiger partial charge is 0.315 e. The maximum atomic E-state index is 11.9. The highest BCUT2D eigenvalue weighted by molar-refractivity contribution is 5.73. The summed E-state index contributed by atoms with van der Waals surface area (Å²) in [6.45, 7) is 10.8. The van der Waals surface area contributed by atoms with E-state index in [-0.39, 0.29) is 6.03 Å². The molecule has 1 aliphatic rings. The molecule has 0 aliphatic heterocycles. The fraction of sp³-hybridized carbons (Fsp3) is 0.778. The van der Waals surface area contributed by atoms with E-state index >= 15 is 0 Å². The average molecular weight is 336 g/mol. The van der Waals surface area contributed by atoms with Crippen molar-refractivity contribution in [1.82, 2.24) is 20.4 Å². The third-order valence-corrected chi connectivity index (χ3v) is 5.01. The molecular formula is C18H32N4O2. The number of nitrogens with zero attached hydrogens (tertiary/aromatic N) is 2. The minimum absolute atomic E-state index is 0.154. The Morgan fingerprint density at radius 3 is 2.71 bits per heavy atom. The van der Waals surface area contributed by atoms with E-state index < -0.39 is 0 Å². The standard InChI is InChI=1S/C18H32N4O2/c1-5-22-15(4)16(14(3)21-22)12-20-18(23)19-10-11-24-17-9-7-6-8-13(17)2/h13,17H,5-12H2,1-4H3,(H2,19,20,23)/t13-,17+/m0/s1. The maximum Gasteiger partial charge on any atom is 0.315 e. The summed E-state index contributed by atoms with van der Waals surface area (Å²) >= 11 is 0. The van der Waals surface area contributed by atoms with Crippen LogP contribution in [-0.2, 0) is 17.8 Å². The van der Waals surface area contributed by atoms with Crippen molar-refractivity contribution in [2.75, 3.05) is 13.2 Å². The molecule has 1 aromatic heterocycles. The van der Waals surface area contributed by atoms with Crippen LogP contribution in [0.3, 0.4) is 0 Å². The van der Waals surface area contributed by atoms with Gasteiger partial charge in [0, 0.05) is 30.9 Å². The van der Waals surface area contributed by atoms with Crippen molar-refractivity contribution in [2.24, 2.45) is 5.92 Å². The highest BCUT2D eigenvalue weighted by Gasteiger charge is 2.21. The van der Waals surface area contributed by atoms with Gasteiger partial charge in [-0.25, -0.2) is 4.79 Å². The van der Waals surface area contributed by atoms with E-state index in [1.54, 1.807) is 0 Å². The highest BCUT2D eigenvalue weighted by atomic mass is 16.5. The van der Waals surface area contributed by atoms with Crippen LogP contribution >= 0.6 is 0 Å². The van der Waals surface area contributed by atoms with Crippen LogP contribution in [0.15, 0.2) is 0 Å². The van der Waals surface area contributed by atoms with E-state index in [0.29, 0.717) is 31.7 Å². The first-order valence-corrected chi connectivity index (χ1v) is 9.19. The van der Waals surface area contributed by atoms with Crippen LogP contribution in [0.1, 0.15) is 56.5 Å². The van der Waals surface area contributed by atoms with Gasteiger partial charge >= 0.3 is 6.03 Å². The average Bonchev–Trinajstić information content (AvgIpc) is 2.85. The van der Waals surface area contributed by atoms with Gasteiger partial charge in [-0.05, 0) is 39.5 Å². The Morgan fingerprint density at radius 1 is 1.29 bits per heavy atom. The molecule has 1 aliphatic carbocycles. The number of aromatic nitrogens is 2. The van der Waals surface area contributed by atoms with Gasteiger partial charge in [0.15, 0.2) is 0 Å². The van der Waals surface area contributed by atoms with Crippen molar-refractivity contribution in [3.63, 3.8) is 0 Å². The van der Waals surface area contributed by atoms with Crippen molar-refractivity contribution in [1.29, 1.82) is 0 Å². The fourth-order valence-electron chi connectivity index (χ4n) is 3.43. The molecule has 2 atom stereocenters. The van der Waals surface area contributed by atoms with E-state index in [1.807, 2.05) is 18.5 Å². The third kappa shape index (κ3) is 4.97. The van der Waals surface area contributed by atoms with Crippen LogP contribution in [0.5, 0.6) is 0 Å². The molecule has 0 saturated heterocycles. The molecular weight excluding hydrogens is 304 g/mol. The summed E-state index contributed by atoms with van der Waals surface area (Å²) < 4.78 is 7.87. The van der Waals surface area contributed by atoms with E-state index in [1.165, 1.54) is 19.3 Å². The number of carbonyl (C=O) groups excluding carboxylic acids is 1. The van der Waals surface area contributed by atoms with Gasteiger partial charge in [-0.2, -0.15) is 5.10 Å². The number of nitrogens with one attached hydrogen (secondary N) is 2. The van der Waals surface area contributed by atoms with Gasteiger partial charge in [0.1, 0.15) is 0 Å². The molecule has 2 rings (SSSR count). The first-order valence-electron chi connectivity index (χ1n) is 9.19. The Labute approximate surface area is 145 Å². The van der Waals surface area contributed by atoms with Crippen LogP contribution < -0.4 is 10.6 Å². The lowest BCUT2D eigenvalue weighted by atomic mass is 9.88. The number of carbonyl (C=O) groups is 1. The zero-order valence-corrected chi connectivity index (χ0v) is 15.5. The second-order valence-corrected chi connectivity index (χ2v) is 6.75. The molecule has 0 bridgehead atoms. The Morgan fingerprint density at radius 2 is 2.04 bits per heavy atom. The number of rotatable bonds is 7. The number of hydrogen-bond acceptors (Lipinski definition) is 3. The van der Waals surface area contributed by atoms with Crippen LogP contribution in [0.4, 0.5) is 4.79 Å². The summed E-state index contributed by atoms with van der Waals surface area (Å²) in [7, 11) is 0. The molecule has 0 spiro atoms. The number of urea groups is 1. The van der Waals surface area contributed by atoms with E-state index in [9.17, 15) is 4.79 Å². The molecule has 2 amide bonds. The van der Waals surface area contributed by atoms with E-state index in [0.717, 1.165) is 29.9 Å². The molecule has 136 valence electrons. The monoisotopic (exact) mass is 336 g/mol. The van der Waals surface area contributed by atoms with Crippen LogP contribution in [0.25, 0.3) is 0 Å². The summed E-state index contributed by atoms with van der Waals surface area (Å²) in [4.78, 5) is 11.9. The number of ether oxygens (including phenoxy) is 1. The van der Waals surface area contributed by atoms with Crippen molar-refractivity contribution in [2.45, 2.75) is 72.6 Å². The summed E-state index contributed by atoms with van der Waals surface area (Å²) in [5.74, 6) is 0.633. The minimum atomic E-state index is -0.154. The number of hydrogen-bond donors (Lipinski definition) is 2. The van der Waals surface area contributed by atoms with Gasteiger partial charge in [0.05, 0.1) is 18.4 Å². The lowest BCUT2D eigenvalue weighted by Gasteiger charge is -2.28. The molecule has 0 radical (unpaired) electrons. The van der Waals surface area contributed by atoms with Gasteiger partial charge in [-0.1, -0.05) is 19.8 Å². The van der Waals surface area contributed by atoms with Crippen molar-refractivity contribution in [3.05, 3.63) is 17.0 Å². The topological polar surface area (TPSA) is 68.2 Å². The SMILES string of the molecule is CCn1nc(C)c(CNC(=O)NCCO[C@@H]2CCCC[C@@H]2C)c1C. The van der Waals surface area contributed by atoms with Crippen molar-refractivity contribution in [3.8, 4) is 0 Å². The van der Waals surface area contributed by atoms with Gasteiger partial charge in [-0.3, -0.25) is 4.68 Å². The Balaban J connectivity index is 1.66. The van der Waals surface area contributed by atoms with E-state index in [2.05, 4.69) is 29.6 Å². The summed E-state index contributed by atoms with van der Waals surface area (Å²) in [5.41, 5.74) is 3.19. The lowest BCUT2D eigenvalue weighted by Crippen LogP contribution is -2.38. The lowest BCUT2D eigenvalue weighted by molar-refractivity contribution is -0.00243. The Kier molecular flexibility index (Phi) is 7.09. The molecule has 1 heterocycles. The zero-order chi connectivity index (χ0) is 17.5. The molecule has 1 aromatic rings. The van der Waals surface area contributed by atoms with Crippen LogP contribution in [0, 0.1) is 19.8 Å². The van der Waals surface area contributed by atoms with Crippen LogP contribution in [0.2, 0.25) is 0 Å². The number of amides is 2. The van der Waals surface area contributed by atoms with Crippen molar-refractivity contribution < 1.29 is 9.53 Å². The van der Waals surface area contributed by atoms with Gasteiger partial charge in [0.2, 0.25) is 0 Å². The first-order chi connectivity index (χ1) is 11.5. The van der Waals surface area contributed by atoms with E-state index in [4.69, 9.17) is 4.74 Å². The Hall–Kier alpha value is -1.56. The first kappa shape index (κ1) is 18.8. The molecule has 6 heteroatoms. The third-order valence-electron chi connectivity index (χ3n) is 5.01. The quantitative estimate of drug-likeness (QED) is 0.752. The van der Waals surface area contributed by atoms with Gasteiger partial charge in [0.25, 0.3) is 0 Å². The largest absolute Gasteiger partial charge is 0.376 e. The predicted octanol–water partition coefficient (Wildman–Crippen LogP) is 2.91. The van der Waals surface area contributed by atoms with Gasteiger partial charge < -0.3 is 15.4 Å². The molecule has 6 nitrogen and oxygen atoms in total. The zero-order valence-electron chi connectivity index (χ0n) is 15.5. The Bertz CT molecular complexity index is 541. The van der Waals surface area contributed by atoms with Crippen LogP contribution in [-0.4, -0.2) is 35.1 Å². The summed E-state index contributed by atoms with van der Waals surface area (Å²) in [6, 6.07) is -0.154. The normalized spacial score (nSPS) is 20.8. The molecule has 0 unspecified atom stereocenters. The van der Waals surface area contributed by atoms with Crippen molar-refractivity contribution >= 4 is 6.03 Å². The highest BCUT2D eigenvalue weighted by Crippen LogP contribution is 2.25. The van der Waals surface area contributed by atoms with Gasteiger partial charge in [-0.15, -0.1) is 0 Å². The second-order valence-electron chi connectivity index (χ2n) is 6.75. The predicted molar refractivity (Wildman–Crippen MR) is 95.0 cm³/mol. The molecule has 1 saturated carbocycles. The summed E-state index contributed by atoms with van der Waals surface area (Å²) in [6.07, 6.45) is 5.33. The molecule has 1 fully saturated rings. The number of aryl methyl sites for hydroxylation is 2. The fourth-order valence-corrected chi connectivity index (χ4v) is 3.43. The maximum absolute atomic E-state index is 11.9. The second kappa shape index (κ2) is 9.06. The molecule has 24 heavy (non-hydrogen) atoms. The minimum Gasteiger partial charge on any atom is -0.376 e. The molecule has 2 N–H and O–H groups in total. The molecule has 0 aromatic carbocycles. The summed E-state index contributed by atoms with van der Waals surface area (Å²) in [5, 5.41) is 10.2.